The molecule has 1 N–H and O–H groups in total. The highest BCUT2D eigenvalue weighted by atomic mass is 32.2. The summed E-state index contributed by atoms with van der Waals surface area (Å²) in [6.45, 7) is 9.58. The first-order valence-corrected chi connectivity index (χ1v) is 17.2. The number of fused-ring (bicyclic) bond motifs is 1. The van der Waals surface area contributed by atoms with Crippen LogP contribution in [-0.2, 0) is 16.0 Å². The van der Waals surface area contributed by atoms with Gasteiger partial charge in [0.2, 0.25) is 11.7 Å². The van der Waals surface area contributed by atoms with Gasteiger partial charge in [-0.3, -0.25) is 9.69 Å². The molecule has 3 aromatic carbocycles. The number of nitrogens with zero attached hydrogens (tertiary/aromatic N) is 3. The molecule has 0 radical (unpaired) electrons. The average Bonchev–Trinajstić information content (AvgIpc) is 3.09. The van der Waals surface area contributed by atoms with Crippen molar-refractivity contribution < 1.29 is 28.8 Å². The number of benzene rings is 3. The van der Waals surface area contributed by atoms with E-state index in [0.29, 0.717) is 29.5 Å². The summed E-state index contributed by atoms with van der Waals surface area (Å²) in [5.41, 5.74) is 2.93. The van der Waals surface area contributed by atoms with Crippen molar-refractivity contribution in [3.05, 3.63) is 71.8 Å². The van der Waals surface area contributed by atoms with Crippen LogP contribution in [0.4, 0.5) is 5.69 Å². The van der Waals surface area contributed by atoms with Crippen molar-refractivity contribution in [1.82, 2.24) is 9.80 Å². The highest BCUT2D eigenvalue weighted by Gasteiger charge is 2.51. The largest absolute Gasteiger partial charge is 0.493 e. The lowest BCUT2D eigenvalue weighted by molar-refractivity contribution is -0.122. The Labute approximate surface area is 283 Å². The third kappa shape index (κ3) is 7.51. The van der Waals surface area contributed by atoms with Crippen molar-refractivity contribution in [2.45, 2.75) is 42.4 Å². The summed E-state index contributed by atoms with van der Waals surface area (Å²) in [6, 6.07) is 19.9. The Balaban J connectivity index is 1.13. The summed E-state index contributed by atoms with van der Waals surface area (Å²) in [7, 11) is 6.74. The van der Waals surface area contributed by atoms with Gasteiger partial charge in [-0.15, -0.1) is 11.8 Å². The molecule has 0 aromatic heterocycles. The van der Waals surface area contributed by atoms with Gasteiger partial charge in [0.25, 0.3) is 0 Å². The molecular weight excluding hydrogens is 614 g/mol. The predicted octanol–water partition coefficient (Wildman–Crippen LogP) is 5.32. The van der Waals surface area contributed by atoms with E-state index in [1.807, 2.05) is 61.6 Å². The maximum Gasteiger partial charge on any atom is 0.248 e. The Hall–Kier alpha value is -3.44. The topological polar surface area (TPSA) is 83.9 Å². The first kappa shape index (κ1) is 34.9. The molecule has 47 heavy (non-hydrogen) atoms. The molecule has 2 aliphatic rings. The highest BCUT2D eigenvalue weighted by molar-refractivity contribution is 8.01. The van der Waals surface area contributed by atoms with Crippen LogP contribution in [0.2, 0.25) is 0 Å². The van der Waals surface area contributed by atoms with Crippen LogP contribution >= 0.6 is 11.8 Å². The highest BCUT2D eigenvalue weighted by Crippen LogP contribution is 2.56. The number of hydrogen-bond donors (Lipinski definition) is 1. The van der Waals surface area contributed by atoms with E-state index < -0.39 is 10.9 Å². The number of β-amino-alcohol motifs (C(OH)–C–C–N with tert-alkyl or cyclic N) is 1. The van der Waals surface area contributed by atoms with E-state index in [1.54, 1.807) is 38.0 Å². The summed E-state index contributed by atoms with van der Waals surface area (Å²) >= 11 is 1.60. The van der Waals surface area contributed by atoms with Gasteiger partial charge >= 0.3 is 0 Å². The van der Waals surface area contributed by atoms with Gasteiger partial charge in [-0.25, -0.2) is 0 Å². The molecule has 254 valence electrons. The second-order valence-electron chi connectivity index (χ2n) is 12.6. The molecule has 0 spiro atoms. The molecular formula is C37H49N3O6S. The third-order valence-electron chi connectivity index (χ3n) is 9.25. The summed E-state index contributed by atoms with van der Waals surface area (Å²) < 4.78 is 21.9. The van der Waals surface area contributed by atoms with E-state index in [2.05, 4.69) is 29.7 Å². The van der Waals surface area contributed by atoms with Gasteiger partial charge in [0.15, 0.2) is 11.5 Å². The fourth-order valence-electron chi connectivity index (χ4n) is 6.66. The van der Waals surface area contributed by atoms with Crippen LogP contribution in [0, 0.1) is 5.92 Å². The summed E-state index contributed by atoms with van der Waals surface area (Å²) in [4.78, 5) is 21.6. The zero-order chi connectivity index (χ0) is 33.6. The fraction of sp³-hybridized carbons (Fsp3) is 0.486. The van der Waals surface area contributed by atoms with Crippen LogP contribution < -0.4 is 23.8 Å². The SMILES string of the molecule is COc1cc(CCCN2CCN(CC(O)COc3ccccc3C3(C(C)C)Sc4ccccc4N(C)C3=O)CC2)cc(OC)c1OC. The van der Waals surface area contributed by atoms with Gasteiger partial charge in [0.1, 0.15) is 23.2 Å². The molecule has 0 aliphatic carbocycles. The normalized spacial score (nSPS) is 19.4. The Kier molecular flexibility index (Phi) is 11.6. The van der Waals surface area contributed by atoms with Crippen molar-refractivity contribution in [2.75, 3.05) is 79.2 Å². The second-order valence-corrected chi connectivity index (χ2v) is 13.9. The van der Waals surface area contributed by atoms with E-state index in [9.17, 15) is 9.90 Å². The number of thioether (sulfide) groups is 1. The summed E-state index contributed by atoms with van der Waals surface area (Å²) in [5.74, 6) is 2.66. The van der Waals surface area contributed by atoms with Crippen LogP contribution in [0.25, 0.3) is 0 Å². The van der Waals surface area contributed by atoms with E-state index in [4.69, 9.17) is 18.9 Å². The maximum absolute atomic E-state index is 14.0. The number of methoxy groups -OCH3 is 3. The number of rotatable bonds is 14. The number of anilines is 1. The molecule has 5 rings (SSSR count). The van der Waals surface area contributed by atoms with Gasteiger partial charge in [0.05, 0.1) is 27.0 Å². The molecule has 3 aromatic rings. The number of para-hydroxylation sites is 2. The van der Waals surface area contributed by atoms with Gasteiger partial charge in [-0.05, 0) is 61.2 Å². The number of ether oxygens (including phenoxy) is 4. The molecule has 0 saturated carbocycles. The quantitative estimate of drug-likeness (QED) is 0.246. The minimum Gasteiger partial charge on any atom is -0.493 e. The molecule has 1 amide bonds. The number of aliphatic hydroxyl groups excluding tert-OH is 1. The second kappa shape index (κ2) is 15.6. The lowest BCUT2D eigenvalue weighted by atomic mass is 9.85. The van der Waals surface area contributed by atoms with Crippen molar-refractivity contribution in [3.63, 3.8) is 0 Å². The third-order valence-corrected chi connectivity index (χ3v) is 11.0. The van der Waals surface area contributed by atoms with Crippen molar-refractivity contribution in [1.29, 1.82) is 0 Å². The Morgan fingerprint density at radius 3 is 2.17 bits per heavy atom. The molecule has 1 saturated heterocycles. The van der Waals surface area contributed by atoms with Crippen LogP contribution in [0.3, 0.4) is 0 Å². The number of aliphatic hydroxyl groups is 1. The van der Waals surface area contributed by atoms with E-state index in [1.165, 1.54) is 0 Å². The molecule has 2 unspecified atom stereocenters. The number of aryl methyl sites for hydroxylation is 1. The van der Waals surface area contributed by atoms with E-state index in [0.717, 1.165) is 67.3 Å². The van der Waals surface area contributed by atoms with E-state index >= 15 is 0 Å². The Bertz CT molecular complexity index is 1490. The lowest BCUT2D eigenvalue weighted by Crippen LogP contribution is -2.50. The van der Waals surface area contributed by atoms with Gasteiger partial charge in [0, 0.05) is 50.2 Å². The fourth-order valence-corrected chi connectivity index (χ4v) is 8.20. The maximum atomic E-state index is 14.0. The molecule has 2 aliphatic heterocycles. The number of carbonyl (C=O) groups excluding carboxylic acids is 1. The first-order valence-electron chi connectivity index (χ1n) is 16.4. The first-order chi connectivity index (χ1) is 22.7. The van der Waals surface area contributed by atoms with Crippen molar-refractivity contribution >= 4 is 23.4 Å². The average molecular weight is 664 g/mol. The van der Waals surface area contributed by atoms with Crippen molar-refractivity contribution in [2.24, 2.45) is 5.92 Å². The van der Waals surface area contributed by atoms with Crippen LogP contribution in [0.1, 0.15) is 31.4 Å². The van der Waals surface area contributed by atoms with Gasteiger partial charge in [-0.2, -0.15) is 0 Å². The number of piperazine rings is 1. The van der Waals surface area contributed by atoms with Crippen LogP contribution in [0.5, 0.6) is 23.0 Å². The Morgan fingerprint density at radius 1 is 0.872 bits per heavy atom. The lowest BCUT2D eigenvalue weighted by Gasteiger charge is -2.44. The van der Waals surface area contributed by atoms with Gasteiger partial charge < -0.3 is 33.9 Å². The minimum atomic E-state index is -0.841. The number of carbonyl (C=O) groups is 1. The van der Waals surface area contributed by atoms with Crippen molar-refractivity contribution in [3.8, 4) is 23.0 Å². The molecule has 2 atom stereocenters. The molecule has 2 heterocycles. The molecule has 9 nitrogen and oxygen atoms in total. The predicted molar refractivity (Wildman–Crippen MR) is 187 cm³/mol. The van der Waals surface area contributed by atoms with E-state index in [-0.39, 0.29) is 18.4 Å². The zero-order valence-corrected chi connectivity index (χ0v) is 29.3. The number of amides is 1. The summed E-state index contributed by atoms with van der Waals surface area (Å²) in [5, 5.41) is 11.0. The zero-order valence-electron chi connectivity index (χ0n) is 28.5. The molecule has 1 fully saturated rings. The number of hydrogen-bond acceptors (Lipinski definition) is 9. The van der Waals surface area contributed by atoms with Crippen LogP contribution in [-0.4, -0.2) is 101 Å². The monoisotopic (exact) mass is 663 g/mol. The molecule has 10 heteroatoms. The number of likely N-dealkylation sites (N-methyl/N-ethyl adjacent to an activating group) is 1. The smallest absolute Gasteiger partial charge is 0.248 e. The van der Waals surface area contributed by atoms with Gasteiger partial charge in [-0.1, -0.05) is 44.2 Å². The Morgan fingerprint density at radius 2 is 1.51 bits per heavy atom. The standard InChI is InChI=1S/C37H49N3O6S/c1-26(2)37(36(42)38(3)30-14-8-10-16-34(30)47-37)29-13-7-9-15-31(29)46-25-28(41)24-40-20-18-39(19-21-40)17-11-12-27-22-32(43-4)35(45-6)33(23-27)44-5/h7-10,13-16,22-23,26,28,41H,11-12,17-21,24-25H2,1-6H3. The molecule has 0 bridgehead atoms. The van der Waals surface area contributed by atoms with Crippen LogP contribution in [0.15, 0.2) is 65.6 Å². The summed E-state index contributed by atoms with van der Waals surface area (Å²) in [6.07, 6.45) is 1.29. The minimum absolute atomic E-state index is 0.00337.